The first-order valence-electron chi connectivity index (χ1n) is 7.63. The highest BCUT2D eigenvalue weighted by Gasteiger charge is 2.58. The molecule has 1 unspecified atom stereocenters. The van der Waals surface area contributed by atoms with Crippen molar-refractivity contribution in [1.29, 1.82) is 0 Å². The first-order chi connectivity index (χ1) is 12.4. The molecule has 3 rings (SSSR count). The van der Waals surface area contributed by atoms with E-state index >= 15 is 0 Å². The van der Waals surface area contributed by atoms with E-state index < -0.39 is 28.3 Å². The molecule has 0 amide bonds. The maximum atomic E-state index is 13.3. The first kappa shape index (κ1) is 19.8. The SMILES string of the molecule is CS(=O)(=O)c1ccc(C2=NC(O)(C(F)(F)F)CN2c2ccc(Br)cc2)cc1. The lowest BCUT2D eigenvalue weighted by molar-refractivity contribution is -0.249. The number of sulfone groups is 1. The second-order valence-corrected chi connectivity index (χ2v) is 9.04. The lowest BCUT2D eigenvalue weighted by Crippen LogP contribution is -2.47. The van der Waals surface area contributed by atoms with Gasteiger partial charge in [0.25, 0.3) is 5.72 Å². The fraction of sp³-hybridized carbons (Fsp3) is 0.235. The van der Waals surface area contributed by atoms with Gasteiger partial charge in [-0.15, -0.1) is 0 Å². The fourth-order valence-electron chi connectivity index (χ4n) is 2.63. The van der Waals surface area contributed by atoms with Gasteiger partial charge in [0.2, 0.25) is 0 Å². The number of amidine groups is 1. The van der Waals surface area contributed by atoms with E-state index in [2.05, 4.69) is 20.9 Å². The highest BCUT2D eigenvalue weighted by Crippen LogP contribution is 2.39. The van der Waals surface area contributed by atoms with Crippen LogP contribution in [0.3, 0.4) is 0 Å². The van der Waals surface area contributed by atoms with Gasteiger partial charge < -0.3 is 10.0 Å². The molecule has 144 valence electrons. The number of halogens is 4. The summed E-state index contributed by atoms with van der Waals surface area (Å²) in [5, 5.41) is 10.1. The number of anilines is 1. The summed E-state index contributed by atoms with van der Waals surface area (Å²) in [6, 6.07) is 11.8. The molecule has 1 heterocycles. The number of aliphatic imine (C=N–C) groups is 1. The lowest BCUT2D eigenvalue weighted by atomic mass is 10.1. The summed E-state index contributed by atoms with van der Waals surface area (Å²) in [6.45, 7) is -0.804. The van der Waals surface area contributed by atoms with Crippen molar-refractivity contribution in [2.45, 2.75) is 16.8 Å². The van der Waals surface area contributed by atoms with E-state index in [4.69, 9.17) is 0 Å². The quantitative estimate of drug-likeness (QED) is 0.758. The lowest BCUT2D eigenvalue weighted by Gasteiger charge is -2.25. The van der Waals surface area contributed by atoms with Crippen molar-refractivity contribution in [3.63, 3.8) is 0 Å². The molecule has 0 saturated carbocycles. The summed E-state index contributed by atoms with van der Waals surface area (Å²) in [5.74, 6) is -0.0998. The minimum Gasteiger partial charge on any atom is -0.361 e. The van der Waals surface area contributed by atoms with Crippen molar-refractivity contribution in [2.24, 2.45) is 4.99 Å². The Morgan fingerprint density at radius 3 is 2.15 bits per heavy atom. The molecule has 0 radical (unpaired) electrons. The number of rotatable bonds is 3. The van der Waals surface area contributed by atoms with Crippen molar-refractivity contribution in [1.82, 2.24) is 0 Å². The Labute approximate surface area is 162 Å². The highest BCUT2D eigenvalue weighted by molar-refractivity contribution is 9.10. The Morgan fingerprint density at radius 1 is 1.11 bits per heavy atom. The largest absolute Gasteiger partial charge is 0.440 e. The van der Waals surface area contributed by atoms with Gasteiger partial charge in [0.1, 0.15) is 5.84 Å². The number of β-amino-alcohol motifs (C(OH)–C–C–N with tert-alkyl or cyclic N) is 1. The van der Waals surface area contributed by atoms with E-state index in [-0.39, 0.29) is 16.3 Å². The van der Waals surface area contributed by atoms with Crippen LogP contribution in [-0.4, -0.2) is 44.1 Å². The van der Waals surface area contributed by atoms with Crippen LogP contribution in [0.2, 0.25) is 0 Å². The third-order valence-electron chi connectivity index (χ3n) is 4.06. The third-order valence-corrected chi connectivity index (χ3v) is 5.72. The van der Waals surface area contributed by atoms with Gasteiger partial charge in [0.15, 0.2) is 9.84 Å². The zero-order valence-electron chi connectivity index (χ0n) is 13.9. The molecule has 1 atom stereocenters. The van der Waals surface area contributed by atoms with Gasteiger partial charge >= 0.3 is 6.18 Å². The molecule has 10 heteroatoms. The summed E-state index contributed by atoms with van der Waals surface area (Å²) >= 11 is 3.26. The molecule has 1 aliphatic rings. The Kier molecular flexibility index (Phi) is 4.86. The van der Waals surface area contributed by atoms with Crippen molar-refractivity contribution in [2.75, 3.05) is 17.7 Å². The maximum Gasteiger partial charge on any atom is 0.440 e. The molecule has 27 heavy (non-hydrogen) atoms. The van der Waals surface area contributed by atoms with Gasteiger partial charge in [0.05, 0.1) is 11.4 Å². The first-order valence-corrected chi connectivity index (χ1v) is 10.3. The minimum absolute atomic E-state index is 0.0334. The average Bonchev–Trinajstić information content (AvgIpc) is 2.94. The minimum atomic E-state index is -4.96. The van der Waals surface area contributed by atoms with E-state index in [0.29, 0.717) is 5.69 Å². The number of hydrogen-bond donors (Lipinski definition) is 1. The summed E-state index contributed by atoms with van der Waals surface area (Å²) in [4.78, 5) is 4.82. The Hall–Kier alpha value is -1.91. The van der Waals surface area contributed by atoms with Crippen LogP contribution in [0.1, 0.15) is 5.56 Å². The average molecular weight is 463 g/mol. The smallest absolute Gasteiger partial charge is 0.361 e. The van der Waals surface area contributed by atoms with E-state index in [1.54, 1.807) is 24.3 Å². The molecular weight excluding hydrogens is 449 g/mol. The highest BCUT2D eigenvalue weighted by atomic mass is 79.9. The van der Waals surface area contributed by atoms with E-state index in [1.165, 1.54) is 29.2 Å². The van der Waals surface area contributed by atoms with Crippen molar-refractivity contribution in [3.05, 3.63) is 58.6 Å². The van der Waals surface area contributed by atoms with Gasteiger partial charge in [-0.3, -0.25) is 0 Å². The van der Waals surface area contributed by atoms with Gasteiger partial charge in [-0.05, 0) is 48.5 Å². The Bertz CT molecular complexity index is 990. The molecular formula is C17H14BrF3N2O3S. The summed E-state index contributed by atoms with van der Waals surface area (Å²) < 4.78 is 63.9. The summed E-state index contributed by atoms with van der Waals surface area (Å²) in [5.41, 5.74) is -2.60. The van der Waals surface area contributed by atoms with Crippen molar-refractivity contribution < 1.29 is 26.7 Å². The maximum absolute atomic E-state index is 13.3. The van der Waals surface area contributed by atoms with Crippen LogP contribution in [0.4, 0.5) is 18.9 Å². The molecule has 0 aromatic heterocycles. The van der Waals surface area contributed by atoms with Crippen LogP contribution < -0.4 is 4.90 Å². The van der Waals surface area contributed by atoms with Crippen LogP contribution in [0, 0.1) is 0 Å². The standard InChI is InChI=1S/C17H14BrF3N2O3S/c1-27(25,26)14-8-2-11(3-9-14)15-22-16(24,17(19,20)21)10-23(15)13-6-4-12(18)5-7-13/h2-9,24H,10H2,1H3. The molecule has 0 aliphatic carbocycles. The number of aliphatic hydroxyl groups is 1. The number of nitrogens with zero attached hydrogens (tertiary/aromatic N) is 2. The van der Waals surface area contributed by atoms with Crippen LogP contribution in [0.15, 0.2) is 62.9 Å². The van der Waals surface area contributed by atoms with Gasteiger partial charge in [-0.1, -0.05) is 15.9 Å². The van der Waals surface area contributed by atoms with Crippen LogP contribution in [0.5, 0.6) is 0 Å². The molecule has 0 bridgehead atoms. The second kappa shape index (κ2) is 6.61. The summed E-state index contributed by atoms with van der Waals surface area (Å²) in [6.07, 6.45) is -3.93. The molecule has 2 aromatic carbocycles. The number of benzene rings is 2. The monoisotopic (exact) mass is 462 g/mol. The Balaban J connectivity index is 2.09. The predicted octanol–water partition coefficient (Wildman–Crippen LogP) is 3.37. The van der Waals surface area contributed by atoms with E-state index in [9.17, 15) is 26.7 Å². The van der Waals surface area contributed by atoms with Gasteiger partial charge in [-0.25, -0.2) is 13.4 Å². The van der Waals surface area contributed by atoms with E-state index in [1.807, 2.05) is 0 Å². The molecule has 0 saturated heterocycles. The molecule has 5 nitrogen and oxygen atoms in total. The summed E-state index contributed by atoms with van der Waals surface area (Å²) in [7, 11) is -3.45. The zero-order valence-corrected chi connectivity index (χ0v) is 16.3. The molecule has 1 N–H and O–H groups in total. The van der Waals surface area contributed by atoms with Crippen molar-refractivity contribution >= 4 is 37.3 Å². The topological polar surface area (TPSA) is 70.0 Å². The molecule has 2 aromatic rings. The predicted molar refractivity (Wildman–Crippen MR) is 98.6 cm³/mol. The van der Waals surface area contributed by atoms with Crippen molar-refractivity contribution in [3.8, 4) is 0 Å². The van der Waals surface area contributed by atoms with Gasteiger partial charge in [-0.2, -0.15) is 13.2 Å². The normalized spacial score (nSPS) is 20.7. The number of hydrogen-bond acceptors (Lipinski definition) is 5. The van der Waals surface area contributed by atoms with Crippen LogP contribution in [0.25, 0.3) is 0 Å². The number of alkyl halides is 3. The Morgan fingerprint density at radius 2 is 1.67 bits per heavy atom. The molecule has 1 aliphatic heterocycles. The second-order valence-electron chi connectivity index (χ2n) is 6.11. The molecule has 0 fully saturated rings. The molecule has 0 spiro atoms. The zero-order chi connectivity index (χ0) is 20.0. The third kappa shape index (κ3) is 3.87. The van der Waals surface area contributed by atoms with Crippen LogP contribution >= 0.6 is 15.9 Å². The fourth-order valence-corrected chi connectivity index (χ4v) is 3.52. The van der Waals surface area contributed by atoms with Gasteiger partial charge in [0, 0.05) is 22.0 Å². The van der Waals surface area contributed by atoms with E-state index in [0.717, 1.165) is 10.7 Å². The van der Waals surface area contributed by atoms with Crippen LogP contribution in [-0.2, 0) is 9.84 Å².